The minimum Gasteiger partial charge on any atom is -0.392 e. The molecule has 0 aliphatic heterocycles. The number of carbonyl (C=O) groups excluding carboxylic acids is 2. The van der Waals surface area contributed by atoms with Crippen molar-refractivity contribution in [2.45, 2.75) is 50.2 Å². The average Bonchev–Trinajstić information content (AvgIpc) is 3.50. The van der Waals surface area contributed by atoms with E-state index in [2.05, 4.69) is 20.9 Å². The predicted octanol–water partition coefficient (Wildman–Crippen LogP) is 4.25. The van der Waals surface area contributed by atoms with Crippen LogP contribution in [-0.2, 0) is 30.8 Å². The van der Waals surface area contributed by atoms with Crippen molar-refractivity contribution in [2.24, 2.45) is 5.16 Å². The topological polar surface area (TPSA) is 132 Å². The van der Waals surface area contributed by atoms with Gasteiger partial charge >= 0.3 is 0 Å². The number of amides is 2. The summed E-state index contributed by atoms with van der Waals surface area (Å²) in [4.78, 5) is 30.2. The molecule has 10 nitrogen and oxygen atoms in total. The van der Waals surface area contributed by atoms with E-state index in [9.17, 15) is 18.0 Å². The van der Waals surface area contributed by atoms with Crippen molar-refractivity contribution < 1.29 is 22.8 Å². The second-order valence-electron chi connectivity index (χ2n) is 9.10. The summed E-state index contributed by atoms with van der Waals surface area (Å²) in [7, 11) is -3.54. The molecule has 38 heavy (non-hydrogen) atoms. The largest absolute Gasteiger partial charge is 0.392 e. The number of nitrogens with one attached hydrogen (secondary N) is 2. The summed E-state index contributed by atoms with van der Waals surface area (Å²) in [5.41, 5.74) is 1.85. The Balaban J connectivity index is 1.53. The van der Waals surface area contributed by atoms with Crippen molar-refractivity contribution in [3.05, 3.63) is 70.9 Å². The highest BCUT2D eigenvalue weighted by molar-refractivity contribution is 7.90. The predicted molar refractivity (Wildman–Crippen MR) is 145 cm³/mol. The molecule has 0 radical (unpaired) electrons. The Kier molecular flexibility index (Phi) is 8.48. The van der Waals surface area contributed by atoms with Crippen LogP contribution in [0.1, 0.15) is 43.7 Å². The van der Waals surface area contributed by atoms with Gasteiger partial charge in [0, 0.05) is 36.7 Å². The number of oxime groups is 1. The minimum atomic E-state index is -3.54. The van der Waals surface area contributed by atoms with Crippen LogP contribution in [0.5, 0.6) is 0 Å². The molecule has 1 aromatic heterocycles. The van der Waals surface area contributed by atoms with Gasteiger partial charge in [0.2, 0.25) is 5.91 Å². The Bertz CT molecular complexity index is 1480. The number of sulfone groups is 1. The molecule has 1 aliphatic rings. The Morgan fingerprint density at radius 3 is 2.58 bits per heavy atom. The molecular formula is C26H28ClN5O5S. The van der Waals surface area contributed by atoms with Crippen LogP contribution in [0.3, 0.4) is 0 Å². The monoisotopic (exact) mass is 557 g/mol. The molecular weight excluding hydrogens is 530 g/mol. The highest BCUT2D eigenvalue weighted by atomic mass is 35.5. The highest BCUT2D eigenvalue weighted by Gasteiger charge is 2.22. The summed E-state index contributed by atoms with van der Waals surface area (Å²) in [6, 6.07) is 13.2. The SMILES string of the molecule is CC(=O)Nc1cccc(Cn2ccc(NC(=O)/C(=N/OC3CCCC3)c3ccc(S(C)(=O)=O)c(Cl)c3)n2)c1. The molecule has 1 aliphatic carbocycles. The van der Waals surface area contributed by atoms with Crippen molar-refractivity contribution in [2.75, 3.05) is 16.9 Å². The van der Waals surface area contributed by atoms with E-state index in [1.165, 1.54) is 25.1 Å². The number of anilines is 2. The van der Waals surface area contributed by atoms with Crippen molar-refractivity contribution in [1.29, 1.82) is 0 Å². The molecule has 0 spiro atoms. The van der Waals surface area contributed by atoms with Crippen molar-refractivity contribution in [3.8, 4) is 0 Å². The third kappa shape index (κ3) is 7.20. The molecule has 2 N–H and O–H groups in total. The van der Waals surface area contributed by atoms with E-state index in [1.807, 2.05) is 18.2 Å². The van der Waals surface area contributed by atoms with Gasteiger partial charge in [0.25, 0.3) is 5.91 Å². The van der Waals surface area contributed by atoms with Gasteiger partial charge in [0.1, 0.15) is 6.10 Å². The second-order valence-corrected chi connectivity index (χ2v) is 11.5. The molecule has 3 aromatic rings. The van der Waals surface area contributed by atoms with Gasteiger partial charge in [-0.2, -0.15) is 5.10 Å². The zero-order valence-electron chi connectivity index (χ0n) is 21.0. The minimum absolute atomic E-state index is 0.0165. The molecule has 0 unspecified atom stereocenters. The maximum atomic E-state index is 13.3. The quantitative estimate of drug-likeness (QED) is 0.299. The van der Waals surface area contributed by atoms with E-state index in [0.29, 0.717) is 23.6 Å². The zero-order valence-corrected chi connectivity index (χ0v) is 22.6. The summed E-state index contributed by atoms with van der Waals surface area (Å²) in [6.07, 6.45) is 6.44. The maximum Gasteiger partial charge on any atom is 0.279 e. The fourth-order valence-corrected chi connectivity index (χ4v) is 5.45. The highest BCUT2D eigenvalue weighted by Crippen LogP contribution is 2.25. The maximum absolute atomic E-state index is 13.3. The Hall–Kier alpha value is -3.70. The number of hydrogen-bond donors (Lipinski definition) is 2. The van der Waals surface area contributed by atoms with Crippen LogP contribution in [-0.4, -0.2) is 48.1 Å². The summed E-state index contributed by atoms with van der Waals surface area (Å²) < 4.78 is 25.6. The smallest absolute Gasteiger partial charge is 0.279 e. The van der Waals surface area contributed by atoms with E-state index in [-0.39, 0.29) is 27.6 Å². The summed E-state index contributed by atoms with van der Waals surface area (Å²) in [5.74, 6) is -0.447. The number of hydrogen-bond acceptors (Lipinski definition) is 7. The Labute approximate surface area is 225 Å². The molecule has 1 heterocycles. The lowest BCUT2D eigenvalue weighted by Gasteiger charge is -2.11. The molecule has 0 bridgehead atoms. The standard InChI is InChI=1S/C26H28ClN5O5S/c1-17(33)28-20-7-5-6-18(14-20)16-32-13-12-24(30-32)29-26(34)25(31-37-21-8-3-4-9-21)19-10-11-23(22(27)15-19)38(2,35)36/h5-7,10-15,21H,3-4,8-9,16H2,1-2H3,(H,28,33)(H,29,30,34)/b31-25+. The van der Waals surface area contributed by atoms with Crippen LogP contribution in [0, 0.1) is 0 Å². The van der Waals surface area contributed by atoms with E-state index >= 15 is 0 Å². The fourth-order valence-electron chi connectivity index (χ4n) is 4.12. The number of aromatic nitrogens is 2. The summed E-state index contributed by atoms with van der Waals surface area (Å²) in [6.45, 7) is 1.86. The summed E-state index contributed by atoms with van der Waals surface area (Å²) >= 11 is 6.22. The lowest BCUT2D eigenvalue weighted by atomic mass is 10.1. The Morgan fingerprint density at radius 1 is 1.13 bits per heavy atom. The number of carbonyl (C=O) groups is 2. The molecule has 2 aromatic carbocycles. The van der Waals surface area contributed by atoms with Crippen LogP contribution in [0.2, 0.25) is 5.02 Å². The van der Waals surface area contributed by atoms with Crippen LogP contribution in [0.25, 0.3) is 0 Å². The van der Waals surface area contributed by atoms with Gasteiger partial charge in [0.05, 0.1) is 16.5 Å². The van der Waals surface area contributed by atoms with Crippen LogP contribution < -0.4 is 10.6 Å². The number of nitrogens with zero attached hydrogens (tertiary/aromatic N) is 3. The van der Waals surface area contributed by atoms with Crippen molar-refractivity contribution in [1.82, 2.24) is 9.78 Å². The lowest BCUT2D eigenvalue weighted by molar-refractivity contribution is -0.114. The third-order valence-electron chi connectivity index (χ3n) is 5.89. The third-order valence-corrected chi connectivity index (χ3v) is 7.47. The molecule has 0 atom stereocenters. The van der Waals surface area contributed by atoms with Gasteiger partial charge in [-0.05, 0) is 55.5 Å². The van der Waals surface area contributed by atoms with E-state index < -0.39 is 15.7 Å². The normalized spacial score (nSPS) is 14.3. The molecule has 0 saturated heterocycles. The number of rotatable bonds is 9. The van der Waals surface area contributed by atoms with Gasteiger partial charge in [-0.3, -0.25) is 14.3 Å². The summed E-state index contributed by atoms with van der Waals surface area (Å²) in [5, 5.41) is 14.0. The second kappa shape index (κ2) is 11.8. The fraction of sp³-hybridized carbons (Fsp3) is 0.308. The van der Waals surface area contributed by atoms with Crippen LogP contribution in [0.4, 0.5) is 11.5 Å². The molecule has 2 amide bonds. The number of benzene rings is 2. The first-order valence-electron chi connectivity index (χ1n) is 12.0. The number of halogens is 1. The first-order chi connectivity index (χ1) is 18.1. The Morgan fingerprint density at radius 2 is 1.89 bits per heavy atom. The molecule has 1 saturated carbocycles. The molecule has 12 heteroatoms. The van der Waals surface area contributed by atoms with Crippen LogP contribution in [0.15, 0.2) is 64.8 Å². The van der Waals surface area contributed by atoms with Gasteiger partial charge in [-0.1, -0.05) is 35.0 Å². The van der Waals surface area contributed by atoms with Gasteiger partial charge in [0.15, 0.2) is 21.4 Å². The molecule has 1 fully saturated rings. The lowest BCUT2D eigenvalue weighted by Crippen LogP contribution is -2.25. The van der Waals surface area contributed by atoms with Gasteiger partial charge < -0.3 is 15.5 Å². The van der Waals surface area contributed by atoms with Gasteiger partial charge in [-0.15, -0.1) is 0 Å². The van der Waals surface area contributed by atoms with Crippen molar-refractivity contribution >= 4 is 50.5 Å². The first-order valence-corrected chi connectivity index (χ1v) is 14.3. The van der Waals surface area contributed by atoms with Crippen LogP contribution >= 0.6 is 11.6 Å². The van der Waals surface area contributed by atoms with Gasteiger partial charge in [-0.25, -0.2) is 8.42 Å². The molecule has 200 valence electrons. The average molecular weight is 558 g/mol. The van der Waals surface area contributed by atoms with Crippen molar-refractivity contribution in [3.63, 3.8) is 0 Å². The van der Waals surface area contributed by atoms with E-state index in [4.69, 9.17) is 16.4 Å². The first kappa shape index (κ1) is 27.3. The van der Waals surface area contributed by atoms with E-state index in [1.54, 1.807) is 23.0 Å². The zero-order chi connectivity index (χ0) is 27.3. The van der Waals surface area contributed by atoms with E-state index in [0.717, 1.165) is 37.5 Å². The molecule has 4 rings (SSSR count).